The van der Waals surface area contributed by atoms with E-state index < -0.39 is 11.2 Å². The Kier molecular flexibility index (Phi) is 3.21. The summed E-state index contributed by atoms with van der Waals surface area (Å²) in [6.45, 7) is 0. The zero-order chi connectivity index (χ0) is 18.8. The molecule has 5 rings (SSSR count). The monoisotopic (exact) mass is 382 g/mol. The lowest BCUT2D eigenvalue weighted by Gasteiger charge is -2.31. The highest BCUT2D eigenvalue weighted by molar-refractivity contribution is 6.30. The number of hydrogen-bond acceptors (Lipinski definition) is 3. The van der Waals surface area contributed by atoms with Gasteiger partial charge < -0.3 is 10.6 Å². The molecule has 27 heavy (non-hydrogen) atoms. The molecule has 0 radical (unpaired) electrons. The quantitative estimate of drug-likeness (QED) is 0.678. The smallest absolute Gasteiger partial charge is 0.240 e. The van der Waals surface area contributed by atoms with Crippen LogP contribution < -0.4 is 10.6 Å². The third kappa shape index (κ3) is 2.15. The van der Waals surface area contributed by atoms with E-state index in [0.29, 0.717) is 33.3 Å². The van der Waals surface area contributed by atoms with Gasteiger partial charge in [0.25, 0.3) is 0 Å². The first kappa shape index (κ1) is 16.0. The van der Waals surface area contributed by atoms with Crippen LogP contribution >= 0.6 is 11.6 Å². The van der Waals surface area contributed by atoms with Crippen molar-refractivity contribution in [1.29, 1.82) is 0 Å². The highest BCUT2D eigenvalue weighted by atomic mass is 35.5. The van der Waals surface area contributed by atoms with Gasteiger partial charge in [0.2, 0.25) is 11.8 Å². The highest BCUT2D eigenvalue weighted by Gasteiger charge is 2.54. The molecule has 1 atom stereocenters. The second kappa shape index (κ2) is 5.40. The molecular formula is C19H12ClFN4O2. The molecule has 0 aliphatic carbocycles. The number of carbonyl (C=O) groups excluding carboxylic acids is 2. The molecule has 0 unspecified atom stereocenters. The van der Waals surface area contributed by atoms with Crippen LogP contribution in [0.15, 0.2) is 48.7 Å². The van der Waals surface area contributed by atoms with E-state index in [1.165, 1.54) is 16.8 Å². The Labute approximate surface area is 157 Å². The predicted molar refractivity (Wildman–Crippen MR) is 97.6 cm³/mol. The molecule has 3 aromatic rings. The molecular weight excluding hydrogens is 371 g/mol. The Morgan fingerprint density at radius 2 is 1.96 bits per heavy atom. The van der Waals surface area contributed by atoms with Crippen molar-refractivity contribution in [1.82, 2.24) is 9.78 Å². The molecule has 0 fully saturated rings. The number of benzene rings is 2. The van der Waals surface area contributed by atoms with E-state index in [1.54, 1.807) is 36.5 Å². The topological polar surface area (TPSA) is 76.0 Å². The van der Waals surface area contributed by atoms with Crippen LogP contribution in [0, 0.1) is 5.82 Å². The maximum atomic E-state index is 13.6. The van der Waals surface area contributed by atoms with Crippen molar-refractivity contribution in [3.8, 4) is 5.69 Å². The number of nitrogens with one attached hydrogen (secondary N) is 2. The number of anilines is 2. The summed E-state index contributed by atoms with van der Waals surface area (Å²) >= 11 is 6.07. The molecule has 0 saturated heterocycles. The van der Waals surface area contributed by atoms with E-state index in [1.807, 2.05) is 0 Å². The standard InChI is InChI=1S/C19H12ClFN4O2/c20-10-2-1-3-12(6-10)25-17-14(9-22-25)19(8-16(26)24-17)13-5-4-11(21)7-15(13)23-18(19)27/h1-7,9H,8H2,(H,23,27)(H,24,26)/t19-/m1/s1. The summed E-state index contributed by atoms with van der Waals surface area (Å²) in [5.41, 5.74) is 0.910. The molecule has 0 bridgehead atoms. The van der Waals surface area contributed by atoms with Crippen LogP contribution in [0.1, 0.15) is 17.5 Å². The van der Waals surface area contributed by atoms with Crippen molar-refractivity contribution in [2.24, 2.45) is 0 Å². The highest BCUT2D eigenvalue weighted by Crippen LogP contribution is 2.50. The fraction of sp³-hybridized carbons (Fsp3) is 0.105. The third-order valence-corrected chi connectivity index (χ3v) is 5.28. The minimum atomic E-state index is -1.24. The summed E-state index contributed by atoms with van der Waals surface area (Å²) < 4.78 is 15.2. The van der Waals surface area contributed by atoms with Crippen molar-refractivity contribution in [3.63, 3.8) is 0 Å². The number of rotatable bonds is 1. The van der Waals surface area contributed by atoms with Gasteiger partial charge in [-0.1, -0.05) is 23.7 Å². The average Bonchev–Trinajstić information content (AvgIpc) is 3.15. The number of halogens is 2. The first-order valence-corrected chi connectivity index (χ1v) is 8.62. The van der Waals surface area contributed by atoms with Crippen molar-refractivity contribution in [2.45, 2.75) is 11.8 Å². The van der Waals surface area contributed by atoms with E-state index in [2.05, 4.69) is 15.7 Å². The van der Waals surface area contributed by atoms with Gasteiger partial charge in [0.15, 0.2) is 0 Å². The van der Waals surface area contributed by atoms with Crippen LogP contribution in [0.3, 0.4) is 0 Å². The van der Waals surface area contributed by atoms with Gasteiger partial charge in [-0.25, -0.2) is 9.07 Å². The molecule has 6 nitrogen and oxygen atoms in total. The van der Waals surface area contributed by atoms with E-state index >= 15 is 0 Å². The van der Waals surface area contributed by atoms with Crippen LogP contribution in [0.25, 0.3) is 5.69 Å². The molecule has 2 amide bonds. The van der Waals surface area contributed by atoms with Crippen LogP contribution in [0.2, 0.25) is 5.02 Å². The van der Waals surface area contributed by atoms with Gasteiger partial charge in [0.05, 0.1) is 11.9 Å². The van der Waals surface area contributed by atoms with Crippen LogP contribution in [0.4, 0.5) is 15.9 Å². The van der Waals surface area contributed by atoms with Gasteiger partial charge in [-0.15, -0.1) is 0 Å². The SMILES string of the molecule is O=C1C[C@]2(C(=O)Nc3cc(F)ccc32)c2cnn(-c3cccc(Cl)c3)c2N1. The second-order valence-corrected chi connectivity index (χ2v) is 7.01. The summed E-state index contributed by atoms with van der Waals surface area (Å²) in [7, 11) is 0. The first-order chi connectivity index (χ1) is 13.0. The molecule has 1 spiro atoms. The Bertz CT molecular complexity index is 1140. The van der Waals surface area contributed by atoms with Gasteiger partial charge in [-0.2, -0.15) is 5.10 Å². The minimum absolute atomic E-state index is 0.0777. The molecule has 2 N–H and O–H groups in total. The lowest BCUT2D eigenvalue weighted by atomic mass is 9.72. The van der Waals surface area contributed by atoms with Gasteiger partial charge in [0, 0.05) is 22.7 Å². The molecule has 2 aromatic carbocycles. The molecule has 8 heteroatoms. The van der Waals surface area contributed by atoms with Crippen LogP contribution in [0.5, 0.6) is 0 Å². The Morgan fingerprint density at radius 1 is 1.11 bits per heavy atom. The second-order valence-electron chi connectivity index (χ2n) is 6.57. The summed E-state index contributed by atoms with van der Waals surface area (Å²) in [6.07, 6.45) is 1.49. The van der Waals surface area contributed by atoms with Crippen LogP contribution in [-0.2, 0) is 15.0 Å². The number of aromatic nitrogens is 2. The van der Waals surface area contributed by atoms with E-state index in [4.69, 9.17) is 11.6 Å². The maximum absolute atomic E-state index is 13.6. The Hall–Kier alpha value is -3.19. The normalized spacial score (nSPS) is 20.2. The molecule has 3 heterocycles. The van der Waals surface area contributed by atoms with Gasteiger partial charge >= 0.3 is 0 Å². The van der Waals surface area contributed by atoms with Crippen molar-refractivity contribution >= 4 is 34.9 Å². The first-order valence-electron chi connectivity index (χ1n) is 8.25. The number of amides is 2. The fourth-order valence-corrected chi connectivity index (χ4v) is 4.07. The molecule has 1 aromatic heterocycles. The largest absolute Gasteiger partial charge is 0.325 e. The number of hydrogen-bond donors (Lipinski definition) is 2. The van der Waals surface area contributed by atoms with Gasteiger partial charge in [0.1, 0.15) is 17.1 Å². The summed E-state index contributed by atoms with van der Waals surface area (Å²) in [6, 6.07) is 11.1. The van der Waals surface area contributed by atoms with E-state index in [0.717, 1.165) is 0 Å². The van der Waals surface area contributed by atoms with Gasteiger partial charge in [-0.3, -0.25) is 9.59 Å². The zero-order valence-electron chi connectivity index (χ0n) is 13.8. The van der Waals surface area contributed by atoms with Gasteiger partial charge in [-0.05, 0) is 35.9 Å². The third-order valence-electron chi connectivity index (χ3n) is 5.04. The number of nitrogens with zero attached hydrogens (tertiary/aromatic N) is 2. The summed E-state index contributed by atoms with van der Waals surface area (Å²) in [5, 5.41) is 10.4. The fourth-order valence-electron chi connectivity index (χ4n) is 3.88. The lowest BCUT2D eigenvalue weighted by Crippen LogP contribution is -2.43. The zero-order valence-corrected chi connectivity index (χ0v) is 14.5. The molecule has 134 valence electrons. The number of carbonyl (C=O) groups is 2. The van der Waals surface area contributed by atoms with Crippen LogP contribution in [-0.4, -0.2) is 21.6 Å². The number of fused-ring (bicyclic) bond motifs is 4. The lowest BCUT2D eigenvalue weighted by molar-refractivity contribution is -0.125. The molecule has 2 aliphatic rings. The Balaban J connectivity index is 1.76. The minimum Gasteiger partial charge on any atom is -0.325 e. The molecule has 2 aliphatic heterocycles. The predicted octanol–water partition coefficient (Wildman–Crippen LogP) is 3.25. The van der Waals surface area contributed by atoms with Crippen molar-refractivity contribution in [2.75, 3.05) is 10.6 Å². The average molecular weight is 383 g/mol. The van der Waals surface area contributed by atoms with Crippen molar-refractivity contribution in [3.05, 3.63) is 70.6 Å². The molecule has 0 saturated carbocycles. The van der Waals surface area contributed by atoms with E-state index in [-0.39, 0.29) is 18.2 Å². The van der Waals surface area contributed by atoms with E-state index in [9.17, 15) is 14.0 Å². The van der Waals surface area contributed by atoms with Crippen molar-refractivity contribution < 1.29 is 14.0 Å². The maximum Gasteiger partial charge on any atom is 0.240 e. The summed E-state index contributed by atoms with van der Waals surface area (Å²) in [4.78, 5) is 25.5. The summed E-state index contributed by atoms with van der Waals surface area (Å²) in [5.74, 6) is -0.745. The Morgan fingerprint density at radius 3 is 2.78 bits per heavy atom.